The molecule has 1 aromatic rings. The third-order valence-corrected chi connectivity index (χ3v) is 5.33. The summed E-state index contributed by atoms with van der Waals surface area (Å²) in [6, 6.07) is 0. The number of hydrogen-bond acceptors (Lipinski definition) is 4. The number of fused-ring (bicyclic) bond motifs is 1. The normalized spacial score (nSPS) is 25.9. The largest absolute Gasteiger partial charge is 0.247 e. The van der Waals surface area contributed by atoms with Crippen LogP contribution in [0, 0.1) is 0 Å². The fourth-order valence-electron chi connectivity index (χ4n) is 2.71. The van der Waals surface area contributed by atoms with E-state index in [1.165, 1.54) is 0 Å². The minimum Gasteiger partial charge on any atom is -0.227 e. The molecule has 0 radical (unpaired) electrons. The standard InChI is InChI=1S/C14H22N2O2S/c1-6-14(4)8-7-13(2,3)11-10(14)9-15-12(16-11)19(5,17)18/h9H,6-8H2,1-5H3. The van der Waals surface area contributed by atoms with Crippen molar-refractivity contribution in [2.45, 2.75) is 62.9 Å². The van der Waals surface area contributed by atoms with Crippen molar-refractivity contribution in [1.29, 1.82) is 0 Å². The highest BCUT2D eigenvalue weighted by Crippen LogP contribution is 2.46. The van der Waals surface area contributed by atoms with Crippen LogP contribution in [-0.4, -0.2) is 24.6 Å². The van der Waals surface area contributed by atoms with E-state index in [2.05, 4.69) is 37.7 Å². The Morgan fingerprint density at radius 3 is 2.42 bits per heavy atom. The number of nitrogens with zero attached hydrogens (tertiary/aromatic N) is 2. The molecule has 0 N–H and O–H groups in total. The molecule has 5 heteroatoms. The average Bonchev–Trinajstić information content (AvgIpc) is 2.33. The SMILES string of the molecule is CCC1(C)CCC(C)(C)c2nc(S(C)(=O)=O)ncc21. The molecule has 2 rings (SSSR count). The fourth-order valence-corrected chi connectivity index (χ4v) is 3.21. The first-order valence-electron chi connectivity index (χ1n) is 6.68. The summed E-state index contributed by atoms with van der Waals surface area (Å²) >= 11 is 0. The first kappa shape index (κ1) is 14.4. The first-order valence-corrected chi connectivity index (χ1v) is 8.57. The van der Waals surface area contributed by atoms with Gasteiger partial charge in [-0.1, -0.05) is 27.7 Å². The van der Waals surface area contributed by atoms with E-state index in [1.54, 1.807) is 6.20 Å². The molecule has 1 heterocycles. The number of sulfone groups is 1. The van der Waals surface area contributed by atoms with Crippen molar-refractivity contribution in [3.8, 4) is 0 Å². The molecular formula is C14H22N2O2S. The fraction of sp³-hybridized carbons (Fsp3) is 0.714. The maximum absolute atomic E-state index is 11.6. The minimum absolute atomic E-state index is 0.0559. The van der Waals surface area contributed by atoms with E-state index in [-0.39, 0.29) is 16.0 Å². The minimum atomic E-state index is -3.35. The van der Waals surface area contributed by atoms with Crippen LogP contribution < -0.4 is 0 Å². The zero-order valence-electron chi connectivity index (χ0n) is 12.3. The van der Waals surface area contributed by atoms with E-state index in [4.69, 9.17) is 0 Å². The van der Waals surface area contributed by atoms with Crippen LogP contribution in [0.3, 0.4) is 0 Å². The molecule has 0 fully saturated rings. The zero-order chi connectivity index (χ0) is 14.5. The predicted octanol–water partition coefficient (Wildman–Crippen LogP) is 2.62. The smallest absolute Gasteiger partial charge is 0.227 e. The molecule has 1 aliphatic rings. The lowest BCUT2D eigenvalue weighted by Gasteiger charge is -2.41. The molecule has 19 heavy (non-hydrogen) atoms. The van der Waals surface area contributed by atoms with Crippen molar-refractivity contribution in [2.75, 3.05) is 6.26 Å². The molecule has 0 saturated heterocycles. The van der Waals surface area contributed by atoms with Gasteiger partial charge < -0.3 is 0 Å². The Balaban J connectivity index is 2.70. The van der Waals surface area contributed by atoms with Crippen molar-refractivity contribution in [3.05, 3.63) is 17.5 Å². The number of aromatic nitrogens is 2. The monoisotopic (exact) mass is 282 g/mol. The highest BCUT2D eigenvalue weighted by molar-refractivity contribution is 7.90. The Morgan fingerprint density at radius 2 is 1.89 bits per heavy atom. The van der Waals surface area contributed by atoms with E-state index in [9.17, 15) is 8.42 Å². The molecule has 1 atom stereocenters. The molecule has 4 nitrogen and oxygen atoms in total. The van der Waals surface area contributed by atoms with Crippen LogP contribution in [0.2, 0.25) is 0 Å². The van der Waals surface area contributed by atoms with Gasteiger partial charge in [-0.2, -0.15) is 0 Å². The van der Waals surface area contributed by atoms with Gasteiger partial charge >= 0.3 is 0 Å². The van der Waals surface area contributed by atoms with Gasteiger partial charge in [-0.05, 0) is 30.2 Å². The van der Waals surface area contributed by atoms with Crippen molar-refractivity contribution in [1.82, 2.24) is 9.97 Å². The van der Waals surface area contributed by atoms with Crippen LogP contribution in [0.25, 0.3) is 0 Å². The maximum atomic E-state index is 11.6. The molecule has 0 aliphatic heterocycles. The van der Waals surface area contributed by atoms with Crippen molar-refractivity contribution in [2.24, 2.45) is 0 Å². The number of rotatable bonds is 2. The average molecular weight is 282 g/mol. The Hall–Kier alpha value is -0.970. The highest BCUT2D eigenvalue weighted by Gasteiger charge is 2.40. The highest BCUT2D eigenvalue weighted by atomic mass is 32.2. The Kier molecular flexibility index (Phi) is 3.24. The second kappa shape index (κ2) is 4.27. The van der Waals surface area contributed by atoms with Crippen LogP contribution in [-0.2, 0) is 20.7 Å². The van der Waals surface area contributed by atoms with Crippen molar-refractivity contribution >= 4 is 9.84 Å². The second-order valence-electron chi connectivity index (χ2n) is 6.49. The topological polar surface area (TPSA) is 59.9 Å². The van der Waals surface area contributed by atoms with Gasteiger partial charge in [0.1, 0.15) is 0 Å². The third kappa shape index (κ3) is 2.40. The van der Waals surface area contributed by atoms with E-state index < -0.39 is 9.84 Å². The lowest BCUT2D eigenvalue weighted by atomic mass is 9.64. The van der Waals surface area contributed by atoms with Crippen molar-refractivity contribution in [3.63, 3.8) is 0 Å². The van der Waals surface area contributed by atoms with Crippen LogP contribution >= 0.6 is 0 Å². The predicted molar refractivity (Wildman–Crippen MR) is 75.0 cm³/mol. The number of hydrogen-bond donors (Lipinski definition) is 0. The van der Waals surface area contributed by atoms with Crippen molar-refractivity contribution < 1.29 is 8.42 Å². The maximum Gasteiger partial charge on any atom is 0.247 e. The van der Waals surface area contributed by atoms with Crippen LogP contribution in [0.1, 0.15) is 58.2 Å². The molecule has 1 aromatic heterocycles. The van der Waals surface area contributed by atoms with E-state index in [0.717, 1.165) is 36.8 Å². The van der Waals surface area contributed by atoms with E-state index in [1.807, 2.05) is 0 Å². The summed E-state index contributed by atoms with van der Waals surface area (Å²) in [5.74, 6) is 0. The summed E-state index contributed by atoms with van der Waals surface area (Å²) in [5, 5.41) is -0.0559. The van der Waals surface area contributed by atoms with Gasteiger partial charge in [0, 0.05) is 17.9 Å². The summed E-state index contributed by atoms with van der Waals surface area (Å²) in [4.78, 5) is 8.45. The summed E-state index contributed by atoms with van der Waals surface area (Å²) in [5.41, 5.74) is 1.98. The molecular weight excluding hydrogens is 260 g/mol. The van der Waals surface area contributed by atoms with Gasteiger partial charge in [-0.3, -0.25) is 0 Å². The second-order valence-corrected chi connectivity index (χ2v) is 8.39. The quantitative estimate of drug-likeness (QED) is 0.782. The zero-order valence-corrected chi connectivity index (χ0v) is 13.1. The lowest BCUT2D eigenvalue weighted by Crippen LogP contribution is -2.37. The van der Waals surface area contributed by atoms with Crippen LogP contribution in [0.5, 0.6) is 0 Å². The van der Waals surface area contributed by atoms with Gasteiger partial charge in [0.2, 0.25) is 15.0 Å². The summed E-state index contributed by atoms with van der Waals surface area (Å²) < 4.78 is 23.3. The summed E-state index contributed by atoms with van der Waals surface area (Å²) in [6.07, 6.45) is 6.00. The van der Waals surface area contributed by atoms with Crippen LogP contribution in [0.4, 0.5) is 0 Å². The Labute approximate surface area is 115 Å². The van der Waals surface area contributed by atoms with Gasteiger partial charge in [-0.25, -0.2) is 18.4 Å². The molecule has 0 aromatic carbocycles. The Morgan fingerprint density at radius 1 is 1.26 bits per heavy atom. The molecule has 1 unspecified atom stereocenters. The Bertz CT molecular complexity index is 608. The summed E-state index contributed by atoms with van der Waals surface area (Å²) in [6.45, 7) is 8.62. The third-order valence-electron chi connectivity index (χ3n) is 4.47. The van der Waals surface area contributed by atoms with Gasteiger partial charge in [-0.15, -0.1) is 0 Å². The van der Waals surface area contributed by atoms with Gasteiger partial charge in [0.05, 0.1) is 5.69 Å². The molecule has 0 spiro atoms. The first-order chi connectivity index (χ1) is 8.60. The van der Waals surface area contributed by atoms with Gasteiger partial charge in [0.25, 0.3) is 0 Å². The molecule has 1 aliphatic carbocycles. The lowest BCUT2D eigenvalue weighted by molar-refractivity contribution is 0.293. The van der Waals surface area contributed by atoms with E-state index in [0.29, 0.717) is 0 Å². The van der Waals surface area contributed by atoms with Gasteiger partial charge in [0.15, 0.2) is 0 Å². The molecule has 106 valence electrons. The molecule has 0 bridgehead atoms. The van der Waals surface area contributed by atoms with E-state index >= 15 is 0 Å². The van der Waals surface area contributed by atoms with Crippen LogP contribution in [0.15, 0.2) is 11.4 Å². The molecule has 0 saturated carbocycles. The summed E-state index contributed by atoms with van der Waals surface area (Å²) in [7, 11) is -3.35. The molecule has 0 amide bonds.